The zero-order valence-corrected chi connectivity index (χ0v) is 36.9. The molecule has 0 N–H and O–H groups in total. The van der Waals surface area contributed by atoms with Crippen molar-refractivity contribution in [3.63, 3.8) is 0 Å². The fraction of sp³-hybridized carbons (Fsp3) is 0.102. The first-order chi connectivity index (χ1) is 31.8. The number of pyridine rings is 1. The highest BCUT2D eigenvalue weighted by molar-refractivity contribution is 6.17. The van der Waals surface area contributed by atoms with Crippen LogP contribution in [0.15, 0.2) is 200 Å². The van der Waals surface area contributed by atoms with Gasteiger partial charge in [-0.25, -0.2) is 4.98 Å². The number of rotatable bonds is 7. The molecule has 0 atom stereocenters. The van der Waals surface area contributed by atoms with Crippen molar-refractivity contribution >= 4 is 60.7 Å². The fourth-order valence-electron chi connectivity index (χ4n) is 9.97. The number of aromatic nitrogens is 3. The normalized spacial score (nSPS) is 12.8. The van der Waals surface area contributed by atoms with Crippen LogP contribution < -0.4 is 14.5 Å². The smallest absolute Gasteiger partial charge is 0.139 e. The summed E-state index contributed by atoms with van der Waals surface area (Å²) in [4.78, 5) is 9.81. The molecule has 314 valence electrons. The number of hydrogen-bond donors (Lipinski definition) is 0. The van der Waals surface area contributed by atoms with Crippen molar-refractivity contribution in [3.05, 3.63) is 206 Å². The van der Waals surface area contributed by atoms with Gasteiger partial charge in [0.05, 0.1) is 45.8 Å². The molecule has 1 aliphatic rings. The van der Waals surface area contributed by atoms with E-state index in [1.165, 1.54) is 50.0 Å². The summed E-state index contributed by atoms with van der Waals surface area (Å²) < 4.78 is 11.7. The number of nitrogens with zero attached hydrogens (tertiary/aromatic N) is 5. The second-order valence-corrected chi connectivity index (χ2v) is 18.2. The van der Waals surface area contributed by atoms with Crippen LogP contribution in [0.25, 0.3) is 77.4 Å². The molecule has 0 saturated heterocycles. The Kier molecular flexibility index (Phi) is 8.92. The van der Waals surface area contributed by atoms with Crippen LogP contribution >= 0.6 is 0 Å². The van der Waals surface area contributed by atoms with Crippen LogP contribution in [0.5, 0.6) is 11.5 Å². The standard InChI is InChI=1S/C59H47N5O/c1-59(2,3)41-33-43(62-38-61(4)53-27-13-14-28-54(53)62)35-45(34-41)65-44-29-30-49-48-21-11-12-26-52(48)64(55(49)37-44)56-36-42(31-32-60-56)63-57-46(39-17-7-5-8-18-39)22-15-24-50(57)51-25-16-23-47(58(51)63)40-19-9-6-10-20-40/h5-37H,38H2,1-4H3. The van der Waals surface area contributed by atoms with E-state index in [4.69, 9.17) is 9.72 Å². The number of hydrogen-bond acceptors (Lipinski definition) is 4. The molecule has 4 heterocycles. The monoisotopic (exact) mass is 841 g/mol. The van der Waals surface area contributed by atoms with E-state index < -0.39 is 0 Å². The maximum atomic E-state index is 6.94. The molecule has 3 aromatic heterocycles. The average molecular weight is 842 g/mol. The van der Waals surface area contributed by atoms with Gasteiger partial charge in [-0.05, 0) is 70.6 Å². The Morgan fingerprint density at radius 3 is 1.78 bits per heavy atom. The van der Waals surface area contributed by atoms with Crippen LogP contribution in [0.3, 0.4) is 0 Å². The minimum atomic E-state index is -0.0909. The lowest BCUT2D eigenvalue weighted by atomic mass is 9.86. The van der Waals surface area contributed by atoms with Crippen LogP contribution in [0.1, 0.15) is 26.3 Å². The van der Waals surface area contributed by atoms with Crippen molar-refractivity contribution in [3.8, 4) is 45.3 Å². The Labute approximate surface area is 378 Å². The summed E-state index contributed by atoms with van der Waals surface area (Å²) >= 11 is 0. The van der Waals surface area contributed by atoms with Gasteiger partial charge in [0.25, 0.3) is 0 Å². The molecule has 65 heavy (non-hydrogen) atoms. The van der Waals surface area contributed by atoms with E-state index in [0.29, 0.717) is 0 Å². The molecule has 6 nitrogen and oxygen atoms in total. The Hall–Kier alpha value is -8.09. The van der Waals surface area contributed by atoms with Gasteiger partial charge in [-0.15, -0.1) is 0 Å². The zero-order valence-electron chi connectivity index (χ0n) is 36.9. The lowest BCUT2D eigenvalue weighted by molar-refractivity contribution is 0.479. The van der Waals surface area contributed by atoms with E-state index in [1.807, 2.05) is 6.20 Å². The van der Waals surface area contributed by atoms with Crippen molar-refractivity contribution < 1.29 is 4.74 Å². The summed E-state index contributed by atoms with van der Waals surface area (Å²) in [5, 5.41) is 4.70. The van der Waals surface area contributed by atoms with Crippen molar-refractivity contribution in [1.82, 2.24) is 14.1 Å². The minimum absolute atomic E-state index is 0.0909. The average Bonchev–Trinajstić information content (AvgIpc) is 3.99. The molecule has 0 unspecified atom stereocenters. The summed E-state index contributed by atoms with van der Waals surface area (Å²) in [6, 6.07) is 69.6. The molecule has 0 fully saturated rings. The summed E-state index contributed by atoms with van der Waals surface area (Å²) in [7, 11) is 2.15. The van der Waals surface area contributed by atoms with E-state index in [0.717, 1.165) is 68.2 Å². The van der Waals surface area contributed by atoms with Gasteiger partial charge in [0.1, 0.15) is 17.3 Å². The second-order valence-electron chi connectivity index (χ2n) is 18.2. The third-order valence-electron chi connectivity index (χ3n) is 13.1. The van der Waals surface area contributed by atoms with Crippen LogP contribution in [0.2, 0.25) is 0 Å². The van der Waals surface area contributed by atoms with Crippen molar-refractivity contribution in [2.24, 2.45) is 0 Å². The summed E-state index contributed by atoms with van der Waals surface area (Å²) in [6.07, 6.45) is 1.95. The highest BCUT2D eigenvalue weighted by Gasteiger charge is 2.27. The molecular weight excluding hydrogens is 795 g/mol. The quantitative estimate of drug-likeness (QED) is 0.160. The summed E-state index contributed by atoms with van der Waals surface area (Å²) in [5.41, 5.74) is 14.8. The Morgan fingerprint density at radius 2 is 1.09 bits per heavy atom. The minimum Gasteiger partial charge on any atom is -0.457 e. The Morgan fingerprint density at radius 1 is 0.477 bits per heavy atom. The molecule has 0 aliphatic carbocycles. The lowest BCUT2D eigenvalue weighted by Crippen LogP contribution is -2.24. The first kappa shape index (κ1) is 38.6. The molecule has 11 aromatic rings. The molecule has 0 spiro atoms. The summed E-state index contributed by atoms with van der Waals surface area (Å²) in [5.74, 6) is 2.39. The third-order valence-corrected chi connectivity index (χ3v) is 13.1. The van der Waals surface area contributed by atoms with Gasteiger partial charge in [0.15, 0.2) is 0 Å². The van der Waals surface area contributed by atoms with Gasteiger partial charge in [-0.3, -0.25) is 4.57 Å². The Bertz CT molecular complexity index is 3520. The van der Waals surface area contributed by atoms with E-state index in [9.17, 15) is 0 Å². The molecule has 0 amide bonds. The fourth-order valence-corrected chi connectivity index (χ4v) is 9.97. The van der Waals surface area contributed by atoms with Gasteiger partial charge >= 0.3 is 0 Å². The van der Waals surface area contributed by atoms with E-state index >= 15 is 0 Å². The van der Waals surface area contributed by atoms with E-state index in [-0.39, 0.29) is 5.41 Å². The van der Waals surface area contributed by atoms with Crippen molar-refractivity contribution in [2.75, 3.05) is 23.5 Å². The SMILES string of the molecule is CN1CN(c2cc(Oc3ccc4c5ccccc5n(-c5cc(-n6c7c(-c8ccccc8)cccc7c7cccc(-c8ccccc8)c76)ccn5)c4c3)cc(C(C)(C)C)c2)c2ccccc21. The van der Waals surface area contributed by atoms with Gasteiger partial charge < -0.3 is 19.1 Å². The van der Waals surface area contributed by atoms with Crippen LogP contribution in [-0.4, -0.2) is 27.8 Å². The van der Waals surface area contributed by atoms with Crippen molar-refractivity contribution in [2.45, 2.75) is 26.2 Å². The number of fused-ring (bicyclic) bond motifs is 7. The van der Waals surface area contributed by atoms with Gasteiger partial charge in [-0.1, -0.05) is 148 Å². The summed E-state index contributed by atoms with van der Waals surface area (Å²) in [6.45, 7) is 7.54. The molecule has 12 rings (SSSR count). The first-order valence-corrected chi connectivity index (χ1v) is 22.4. The van der Waals surface area contributed by atoms with Crippen molar-refractivity contribution in [1.29, 1.82) is 0 Å². The van der Waals surface area contributed by atoms with Crippen LogP contribution in [0.4, 0.5) is 17.1 Å². The molecule has 8 aromatic carbocycles. The molecule has 0 bridgehead atoms. The van der Waals surface area contributed by atoms with Crippen LogP contribution in [-0.2, 0) is 5.41 Å². The van der Waals surface area contributed by atoms with Gasteiger partial charge in [0, 0.05) is 69.8 Å². The predicted molar refractivity (Wildman–Crippen MR) is 271 cm³/mol. The molecule has 1 aliphatic heterocycles. The predicted octanol–water partition coefficient (Wildman–Crippen LogP) is 15.2. The van der Waals surface area contributed by atoms with Gasteiger partial charge in [-0.2, -0.15) is 0 Å². The molecular formula is C59H47N5O. The van der Waals surface area contributed by atoms with E-state index in [2.05, 4.69) is 241 Å². The van der Waals surface area contributed by atoms with Crippen LogP contribution in [0, 0.1) is 0 Å². The molecule has 0 radical (unpaired) electrons. The lowest BCUT2D eigenvalue weighted by Gasteiger charge is -2.25. The molecule has 0 saturated carbocycles. The zero-order chi connectivity index (χ0) is 43.8. The van der Waals surface area contributed by atoms with Gasteiger partial charge in [0.2, 0.25) is 0 Å². The Balaban J connectivity index is 1.04. The molecule has 6 heteroatoms. The second kappa shape index (κ2) is 15.0. The number of para-hydroxylation sites is 5. The largest absolute Gasteiger partial charge is 0.457 e. The number of benzene rings is 8. The van der Waals surface area contributed by atoms with E-state index in [1.54, 1.807) is 0 Å². The highest BCUT2D eigenvalue weighted by atomic mass is 16.5. The third kappa shape index (κ3) is 6.43. The maximum absolute atomic E-state index is 6.94. The number of anilines is 3. The first-order valence-electron chi connectivity index (χ1n) is 22.4. The highest BCUT2D eigenvalue weighted by Crippen LogP contribution is 2.45. The topological polar surface area (TPSA) is 38.5 Å². The number of ether oxygens (including phenoxy) is 1. The maximum Gasteiger partial charge on any atom is 0.139 e.